The minimum atomic E-state index is -0.833. The van der Waals surface area contributed by atoms with Crippen LogP contribution in [0.25, 0.3) is 0 Å². The van der Waals surface area contributed by atoms with E-state index < -0.39 is 5.97 Å². The van der Waals surface area contributed by atoms with Crippen LogP contribution in [0.2, 0.25) is 0 Å². The Balaban J connectivity index is 0.000000180. The highest BCUT2D eigenvalue weighted by Gasteiger charge is 1.72. The Kier molecular flexibility index (Phi) is 3.79. The molecule has 4 nitrogen and oxygen atoms in total. The lowest BCUT2D eigenvalue weighted by molar-refractivity contribution is -0.134. The van der Waals surface area contributed by atoms with Crippen molar-refractivity contribution < 1.29 is 9.90 Å². The summed E-state index contributed by atoms with van der Waals surface area (Å²) in [6, 6.07) is 3.66. The van der Waals surface area contributed by atoms with E-state index in [2.05, 4.69) is 4.98 Å². The van der Waals surface area contributed by atoms with Crippen LogP contribution in [0, 0.1) is 0 Å². The Morgan fingerprint density at radius 2 is 2.30 bits per heavy atom. The first kappa shape index (κ1) is 8.55. The van der Waals surface area contributed by atoms with Crippen LogP contribution in [-0.2, 0) is 4.79 Å². The normalized spacial score (nSPS) is 7.70. The molecule has 0 aliphatic rings. The number of anilines is 1. The van der Waals surface area contributed by atoms with Gasteiger partial charge in [0.2, 0.25) is 0 Å². The zero-order valence-electron chi connectivity index (χ0n) is 5.66. The van der Waals surface area contributed by atoms with Gasteiger partial charge in [0, 0.05) is 13.1 Å². The summed E-state index contributed by atoms with van der Waals surface area (Å²) >= 11 is 0. The third-order valence-corrected chi connectivity index (χ3v) is 0.622. The molecule has 0 radical (unpaired) electrons. The van der Waals surface area contributed by atoms with Crippen molar-refractivity contribution in [3.63, 3.8) is 0 Å². The van der Waals surface area contributed by atoms with Crippen molar-refractivity contribution in [1.29, 1.82) is 0 Å². The first-order chi connectivity index (χ1) is 4.63. The van der Waals surface area contributed by atoms with Crippen LogP contribution < -0.4 is 5.73 Å². The van der Waals surface area contributed by atoms with Crippen molar-refractivity contribution in [1.82, 2.24) is 4.98 Å². The maximum atomic E-state index is 9.00. The van der Waals surface area contributed by atoms with Crippen molar-refractivity contribution in [2.24, 2.45) is 0 Å². The Labute approximate surface area is 58.7 Å². The lowest BCUT2D eigenvalue weighted by Crippen LogP contribution is -1.79. The van der Waals surface area contributed by atoms with Gasteiger partial charge in [0.1, 0.15) is 5.82 Å². The van der Waals surface area contributed by atoms with Gasteiger partial charge in [0.25, 0.3) is 5.97 Å². The Hall–Kier alpha value is -1.45. The average molecular weight is 142 g/mol. The number of aliphatic carboxylic acids is 1. The van der Waals surface area contributed by atoms with Crippen LogP contribution in [0.15, 0.2) is 18.3 Å². The molecule has 1 aromatic rings. The minimum Gasteiger partial charge on any atom is -0.481 e. The summed E-state index contributed by atoms with van der Waals surface area (Å²) in [5.74, 6) is -0.116. The molecule has 0 spiro atoms. The largest absolute Gasteiger partial charge is 0.481 e. The smallest absolute Gasteiger partial charge is 0.300 e. The second-order valence-corrected chi connectivity index (χ2v) is 1.64. The Bertz CT molecular complexity index is 178. The Morgan fingerprint density at radius 3 is 2.40 bits per heavy atom. The van der Waals surface area contributed by atoms with Crippen LogP contribution in [-0.4, -0.2) is 16.1 Å². The maximum absolute atomic E-state index is 9.00. The summed E-state index contributed by atoms with van der Waals surface area (Å²) in [7, 11) is 0. The van der Waals surface area contributed by atoms with Crippen LogP contribution in [0.5, 0.6) is 0 Å². The summed E-state index contributed by atoms with van der Waals surface area (Å²) in [6.07, 6.45) is 1.79. The van der Waals surface area contributed by atoms with Crippen LogP contribution in [0.1, 0.15) is 6.92 Å². The van der Waals surface area contributed by atoms with E-state index in [1.807, 2.05) is 6.07 Å². The van der Waals surface area contributed by atoms with E-state index in [4.69, 9.17) is 15.6 Å². The second-order valence-electron chi connectivity index (χ2n) is 1.64. The van der Waals surface area contributed by atoms with Crippen molar-refractivity contribution in [3.8, 4) is 0 Å². The number of aromatic amines is 1. The van der Waals surface area contributed by atoms with E-state index in [1.165, 1.54) is 0 Å². The van der Waals surface area contributed by atoms with Gasteiger partial charge >= 0.3 is 0 Å². The molecule has 0 aliphatic heterocycles. The molecule has 10 heavy (non-hydrogen) atoms. The summed E-state index contributed by atoms with van der Waals surface area (Å²) in [4.78, 5) is 11.8. The van der Waals surface area contributed by atoms with Gasteiger partial charge in [-0.2, -0.15) is 0 Å². The SMILES string of the molecule is CC(=O)O.Nc1ccc[nH]1. The molecule has 1 heterocycles. The first-order valence-corrected chi connectivity index (χ1v) is 2.71. The third-order valence-electron chi connectivity index (χ3n) is 0.622. The van der Waals surface area contributed by atoms with Gasteiger partial charge in [-0.1, -0.05) is 0 Å². The zero-order valence-corrected chi connectivity index (χ0v) is 5.66. The summed E-state index contributed by atoms with van der Waals surface area (Å²) in [5.41, 5.74) is 5.22. The molecule has 1 rings (SSSR count). The highest BCUT2D eigenvalue weighted by Crippen LogP contribution is 1.90. The quantitative estimate of drug-likeness (QED) is 0.498. The van der Waals surface area contributed by atoms with E-state index in [0.29, 0.717) is 0 Å². The topological polar surface area (TPSA) is 79.1 Å². The van der Waals surface area contributed by atoms with Gasteiger partial charge in [-0.15, -0.1) is 0 Å². The monoisotopic (exact) mass is 142 g/mol. The van der Waals surface area contributed by atoms with Gasteiger partial charge < -0.3 is 15.8 Å². The molecule has 1 aromatic heterocycles. The molecule has 4 heteroatoms. The highest BCUT2D eigenvalue weighted by molar-refractivity contribution is 5.62. The van der Waals surface area contributed by atoms with E-state index in [9.17, 15) is 0 Å². The number of H-pyrrole nitrogens is 1. The number of aromatic nitrogens is 1. The average Bonchev–Trinajstić information content (AvgIpc) is 2.15. The molecule has 0 unspecified atom stereocenters. The number of carboxylic acid groups (broad SMARTS) is 1. The maximum Gasteiger partial charge on any atom is 0.300 e. The van der Waals surface area contributed by atoms with Crippen molar-refractivity contribution in [3.05, 3.63) is 18.3 Å². The number of hydrogen-bond donors (Lipinski definition) is 3. The van der Waals surface area contributed by atoms with Crippen molar-refractivity contribution in [2.75, 3.05) is 5.73 Å². The molecular weight excluding hydrogens is 132 g/mol. The molecule has 4 N–H and O–H groups in total. The number of carboxylic acids is 1. The molecular formula is C6H10N2O2. The van der Waals surface area contributed by atoms with Gasteiger partial charge in [0.05, 0.1) is 0 Å². The van der Waals surface area contributed by atoms with Gasteiger partial charge in [-0.3, -0.25) is 4.79 Å². The molecule has 0 aliphatic carbocycles. The third kappa shape index (κ3) is 6.55. The molecule has 0 bridgehead atoms. The number of rotatable bonds is 0. The molecule has 0 aromatic carbocycles. The van der Waals surface area contributed by atoms with Crippen molar-refractivity contribution in [2.45, 2.75) is 6.92 Å². The highest BCUT2D eigenvalue weighted by atomic mass is 16.4. The minimum absolute atomic E-state index is 0.718. The summed E-state index contributed by atoms with van der Waals surface area (Å²) in [5, 5.41) is 7.42. The molecule has 0 saturated carbocycles. The van der Waals surface area contributed by atoms with Crippen molar-refractivity contribution >= 4 is 11.8 Å². The molecule has 0 amide bonds. The zero-order chi connectivity index (χ0) is 7.98. The van der Waals surface area contributed by atoms with E-state index in [0.717, 1.165) is 12.7 Å². The molecule has 0 atom stereocenters. The number of nitrogens with two attached hydrogens (primary N) is 1. The predicted molar refractivity (Wildman–Crippen MR) is 38.5 cm³/mol. The molecule has 0 saturated heterocycles. The fraction of sp³-hybridized carbons (Fsp3) is 0.167. The Morgan fingerprint density at radius 1 is 1.80 bits per heavy atom. The number of nitrogens with one attached hydrogen (secondary N) is 1. The van der Waals surface area contributed by atoms with E-state index in [1.54, 1.807) is 12.3 Å². The van der Waals surface area contributed by atoms with Crippen LogP contribution in [0.4, 0.5) is 5.82 Å². The standard InChI is InChI=1S/C4H6N2.C2H4O2/c5-4-2-1-3-6-4;1-2(3)4/h1-3,6H,5H2;1H3,(H,3,4). The lowest BCUT2D eigenvalue weighted by atomic mass is 10.6. The van der Waals surface area contributed by atoms with Gasteiger partial charge in [0.15, 0.2) is 0 Å². The predicted octanol–water partition coefficient (Wildman–Crippen LogP) is 0.688. The fourth-order valence-corrected chi connectivity index (χ4v) is 0.344. The fourth-order valence-electron chi connectivity index (χ4n) is 0.344. The lowest BCUT2D eigenvalue weighted by Gasteiger charge is -1.72. The van der Waals surface area contributed by atoms with Crippen LogP contribution >= 0.6 is 0 Å². The van der Waals surface area contributed by atoms with E-state index in [-0.39, 0.29) is 0 Å². The summed E-state index contributed by atoms with van der Waals surface area (Å²) in [6.45, 7) is 1.08. The summed E-state index contributed by atoms with van der Waals surface area (Å²) < 4.78 is 0. The van der Waals surface area contributed by atoms with Gasteiger partial charge in [-0.05, 0) is 12.1 Å². The van der Waals surface area contributed by atoms with Crippen LogP contribution in [0.3, 0.4) is 0 Å². The number of carbonyl (C=O) groups is 1. The first-order valence-electron chi connectivity index (χ1n) is 2.71. The number of nitrogen functional groups attached to an aromatic ring is 1. The number of hydrogen-bond acceptors (Lipinski definition) is 2. The second kappa shape index (κ2) is 4.43. The van der Waals surface area contributed by atoms with Gasteiger partial charge in [-0.25, -0.2) is 0 Å². The van der Waals surface area contributed by atoms with E-state index >= 15 is 0 Å². The molecule has 0 fully saturated rings. The molecule has 56 valence electrons.